The fourth-order valence-electron chi connectivity index (χ4n) is 3.10. The van der Waals surface area contributed by atoms with Gasteiger partial charge in [-0.3, -0.25) is 4.79 Å². The number of ether oxygens (including phenoxy) is 1. The molecule has 0 aromatic carbocycles. The van der Waals surface area contributed by atoms with Crippen molar-refractivity contribution >= 4 is 23.6 Å². The predicted octanol–water partition coefficient (Wildman–Crippen LogP) is 1.14. The second-order valence-corrected chi connectivity index (χ2v) is 6.86. The average molecular weight is 347 g/mol. The number of carbonyl (C=O) groups excluding carboxylic acids is 2. The Kier molecular flexibility index (Phi) is 5.06. The molecule has 2 fully saturated rings. The van der Waals surface area contributed by atoms with Crippen molar-refractivity contribution in [1.82, 2.24) is 14.9 Å². The predicted molar refractivity (Wildman–Crippen MR) is 93.6 cm³/mol. The molecule has 3 heterocycles. The van der Waals surface area contributed by atoms with E-state index in [0.29, 0.717) is 30.8 Å². The maximum atomic E-state index is 12.0. The van der Waals surface area contributed by atoms with E-state index in [1.807, 2.05) is 0 Å². The maximum Gasteiger partial charge on any atom is 0.356 e. The highest BCUT2D eigenvalue weighted by Gasteiger charge is 2.29. The highest BCUT2D eigenvalue weighted by atomic mass is 16.5. The zero-order chi connectivity index (χ0) is 18.0. The summed E-state index contributed by atoms with van der Waals surface area (Å²) in [5.41, 5.74) is 0.247. The summed E-state index contributed by atoms with van der Waals surface area (Å²) in [5, 5.41) is 3.29. The van der Waals surface area contributed by atoms with E-state index in [0.717, 1.165) is 25.9 Å². The molecule has 0 aliphatic carbocycles. The molecule has 1 aromatic rings. The van der Waals surface area contributed by atoms with E-state index >= 15 is 0 Å². The van der Waals surface area contributed by atoms with Gasteiger partial charge in [-0.25, -0.2) is 9.78 Å². The fraction of sp³-hybridized carbons (Fsp3) is 0.647. The van der Waals surface area contributed by atoms with Gasteiger partial charge in [0, 0.05) is 39.2 Å². The summed E-state index contributed by atoms with van der Waals surface area (Å²) in [6.07, 6.45) is 2.18. The molecule has 8 heteroatoms. The Labute approximate surface area is 147 Å². The monoisotopic (exact) mass is 347 g/mol. The normalized spacial score (nSPS) is 18.7. The number of hydrogen-bond acceptors (Lipinski definition) is 7. The number of aromatic nitrogens is 2. The molecule has 0 bridgehead atoms. The van der Waals surface area contributed by atoms with Crippen LogP contribution in [-0.2, 0) is 9.53 Å². The highest BCUT2D eigenvalue weighted by Crippen LogP contribution is 2.23. The van der Waals surface area contributed by atoms with E-state index in [1.54, 1.807) is 17.9 Å². The van der Waals surface area contributed by atoms with Gasteiger partial charge in [0.05, 0.1) is 13.2 Å². The van der Waals surface area contributed by atoms with Crippen LogP contribution in [0.15, 0.2) is 6.07 Å². The van der Waals surface area contributed by atoms with Crippen molar-refractivity contribution in [2.24, 2.45) is 5.92 Å². The zero-order valence-electron chi connectivity index (χ0n) is 15.0. The molecule has 0 saturated carbocycles. The van der Waals surface area contributed by atoms with Crippen LogP contribution < -0.4 is 10.2 Å². The molecular formula is C17H25N5O3. The van der Waals surface area contributed by atoms with E-state index in [9.17, 15) is 9.59 Å². The van der Waals surface area contributed by atoms with Gasteiger partial charge in [0.1, 0.15) is 5.82 Å². The van der Waals surface area contributed by atoms with Crippen molar-refractivity contribution in [2.75, 3.05) is 43.5 Å². The van der Waals surface area contributed by atoms with E-state index in [1.165, 1.54) is 7.11 Å². The number of anilines is 2. The summed E-state index contributed by atoms with van der Waals surface area (Å²) in [4.78, 5) is 36.1. The van der Waals surface area contributed by atoms with Gasteiger partial charge in [0.15, 0.2) is 5.69 Å². The molecule has 8 nitrogen and oxygen atoms in total. The fourth-order valence-corrected chi connectivity index (χ4v) is 3.10. The van der Waals surface area contributed by atoms with Gasteiger partial charge in [-0.2, -0.15) is 4.98 Å². The van der Waals surface area contributed by atoms with Crippen molar-refractivity contribution in [2.45, 2.75) is 32.7 Å². The number of rotatable bonds is 4. The second kappa shape index (κ2) is 7.25. The largest absolute Gasteiger partial charge is 0.464 e. The van der Waals surface area contributed by atoms with Crippen molar-refractivity contribution in [3.05, 3.63) is 11.8 Å². The Hall–Kier alpha value is -2.38. The Morgan fingerprint density at radius 1 is 1.24 bits per heavy atom. The lowest BCUT2D eigenvalue weighted by atomic mass is 10.00. The number of esters is 1. The van der Waals surface area contributed by atoms with Gasteiger partial charge in [-0.15, -0.1) is 0 Å². The van der Waals surface area contributed by atoms with Gasteiger partial charge in [-0.1, -0.05) is 6.92 Å². The lowest BCUT2D eigenvalue weighted by Gasteiger charge is -2.39. The summed E-state index contributed by atoms with van der Waals surface area (Å²) in [5.74, 6) is 1.44. The first-order chi connectivity index (χ1) is 12.0. The molecule has 1 N–H and O–H groups in total. The second-order valence-electron chi connectivity index (χ2n) is 6.86. The SMILES string of the molecule is COC(=O)c1cc(NC2CN(C(C)=O)C2)nc(N2CCC(C)CC2)n1. The number of piperidine rings is 1. The van der Waals surface area contributed by atoms with Crippen molar-refractivity contribution in [3.63, 3.8) is 0 Å². The van der Waals surface area contributed by atoms with Crippen LogP contribution in [0.3, 0.4) is 0 Å². The molecule has 25 heavy (non-hydrogen) atoms. The number of methoxy groups -OCH3 is 1. The van der Waals surface area contributed by atoms with Crippen LogP contribution >= 0.6 is 0 Å². The number of hydrogen-bond donors (Lipinski definition) is 1. The van der Waals surface area contributed by atoms with Crippen LogP contribution in [0.2, 0.25) is 0 Å². The number of amides is 1. The molecule has 2 saturated heterocycles. The van der Waals surface area contributed by atoms with Gasteiger partial charge in [0.25, 0.3) is 0 Å². The Balaban J connectivity index is 1.76. The smallest absolute Gasteiger partial charge is 0.356 e. The van der Waals surface area contributed by atoms with E-state index < -0.39 is 5.97 Å². The van der Waals surface area contributed by atoms with E-state index in [4.69, 9.17) is 4.74 Å². The summed E-state index contributed by atoms with van der Waals surface area (Å²) >= 11 is 0. The molecule has 1 amide bonds. The summed E-state index contributed by atoms with van der Waals surface area (Å²) in [6.45, 7) is 6.85. The van der Waals surface area contributed by atoms with Crippen LogP contribution in [0.25, 0.3) is 0 Å². The number of nitrogens with zero attached hydrogens (tertiary/aromatic N) is 4. The topological polar surface area (TPSA) is 87.7 Å². The first-order valence-electron chi connectivity index (χ1n) is 8.70. The molecular weight excluding hydrogens is 322 g/mol. The van der Waals surface area contributed by atoms with Crippen molar-refractivity contribution in [1.29, 1.82) is 0 Å². The van der Waals surface area contributed by atoms with E-state index in [-0.39, 0.29) is 17.6 Å². The third kappa shape index (κ3) is 4.00. The van der Waals surface area contributed by atoms with Crippen LogP contribution in [0.1, 0.15) is 37.2 Å². The van der Waals surface area contributed by atoms with Gasteiger partial charge in [-0.05, 0) is 18.8 Å². The standard InChI is InChI=1S/C17H25N5O3/c1-11-4-6-21(7-5-11)17-19-14(16(24)25-3)8-15(20-17)18-13-9-22(10-13)12(2)23/h8,11,13H,4-7,9-10H2,1-3H3,(H,18,19,20). The van der Waals surface area contributed by atoms with Crippen LogP contribution in [0.5, 0.6) is 0 Å². The molecule has 2 aliphatic rings. The minimum atomic E-state index is -0.476. The van der Waals surface area contributed by atoms with Gasteiger partial charge in [0.2, 0.25) is 11.9 Å². The summed E-state index contributed by atoms with van der Waals surface area (Å²) in [6, 6.07) is 1.75. The molecule has 0 radical (unpaired) electrons. The van der Waals surface area contributed by atoms with E-state index in [2.05, 4.69) is 27.1 Å². The molecule has 0 unspecified atom stereocenters. The molecule has 0 atom stereocenters. The van der Waals surface area contributed by atoms with Crippen LogP contribution in [0.4, 0.5) is 11.8 Å². The third-order valence-electron chi connectivity index (χ3n) is 4.85. The maximum absolute atomic E-state index is 12.0. The van der Waals surface area contributed by atoms with Crippen molar-refractivity contribution < 1.29 is 14.3 Å². The Morgan fingerprint density at radius 3 is 2.52 bits per heavy atom. The lowest BCUT2D eigenvalue weighted by Crippen LogP contribution is -2.56. The van der Waals surface area contributed by atoms with Crippen LogP contribution in [0, 0.1) is 5.92 Å². The van der Waals surface area contributed by atoms with Gasteiger partial charge < -0.3 is 19.9 Å². The summed E-state index contributed by atoms with van der Waals surface area (Å²) in [7, 11) is 1.34. The quantitative estimate of drug-likeness (QED) is 0.817. The van der Waals surface area contributed by atoms with Gasteiger partial charge >= 0.3 is 5.97 Å². The number of likely N-dealkylation sites (tertiary alicyclic amines) is 1. The van der Waals surface area contributed by atoms with Crippen LogP contribution in [-0.4, -0.2) is 66.1 Å². The Bertz CT molecular complexity index is 652. The number of carbonyl (C=O) groups is 2. The number of nitrogens with one attached hydrogen (secondary N) is 1. The first-order valence-corrected chi connectivity index (χ1v) is 8.70. The molecule has 1 aromatic heterocycles. The first kappa shape index (κ1) is 17.4. The highest BCUT2D eigenvalue weighted by molar-refractivity contribution is 5.88. The summed E-state index contributed by atoms with van der Waals surface area (Å²) < 4.78 is 4.82. The average Bonchev–Trinajstić information content (AvgIpc) is 2.57. The lowest BCUT2D eigenvalue weighted by molar-refractivity contribution is -0.132. The molecule has 3 rings (SSSR count). The molecule has 136 valence electrons. The van der Waals surface area contributed by atoms with Crippen molar-refractivity contribution in [3.8, 4) is 0 Å². The third-order valence-corrected chi connectivity index (χ3v) is 4.85. The molecule has 0 spiro atoms. The molecule has 2 aliphatic heterocycles. The zero-order valence-corrected chi connectivity index (χ0v) is 15.0. The minimum Gasteiger partial charge on any atom is -0.464 e. The minimum absolute atomic E-state index is 0.0686. The Morgan fingerprint density at radius 2 is 1.92 bits per heavy atom.